The summed E-state index contributed by atoms with van der Waals surface area (Å²) >= 11 is 0. The number of hydrogen-bond acceptors (Lipinski definition) is 5. The number of hydrogen-bond donors (Lipinski definition) is 1. The van der Waals surface area contributed by atoms with Gasteiger partial charge in [0.1, 0.15) is 0 Å². The van der Waals surface area contributed by atoms with Crippen molar-refractivity contribution in [2.45, 2.75) is 84.0 Å². The summed E-state index contributed by atoms with van der Waals surface area (Å²) in [5.74, 6) is -1.55. The van der Waals surface area contributed by atoms with Gasteiger partial charge in [0.15, 0.2) is 21.4 Å². The zero-order valence-corrected chi connectivity index (χ0v) is 24.8. The summed E-state index contributed by atoms with van der Waals surface area (Å²) in [5.41, 5.74) is 2.52. The van der Waals surface area contributed by atoms with Crippen LogP contribution in [0.5, 0.6) is 0 Å². The molecular weight excluding hydrogens is 524 g/mol. The number of benzene rings is 2. The second kappa shape index (κ2) is 9.51. The number of aryl methyl sites for hydroxylation is 2. The number of carbonyl (C=O) groups excluding carboxylic acids is 2. The van der Waals surface area contributed by atoms with Gasteiger partial charge >= 0.3 is 5.97 Å². The van der Waals surface area contributed by atoms with Crippen molar-refractivity contribution in [2.75, 3.05) is 5.75 Å². The van der Waals surface area contributed by atoms with Gasteiger partial charge < -0.3 is 5.11 Å². The van der Waals surface area contributed by atoms with E-state index in [2.05, 4.69) is 13.5 Å². The minimum atomic E-state index is -3.51. The number of aliphatic carboxylic acids is 1. The largest absolute Gasteiger partial charge is 0.481 e. The maximum atomic E-state index is 14.3. The van der Waals surface area contributed by atoms with E-state index in [9.17, 15) is 27.9 Å². The van der Waals surface area contributed by atoms with Gasteiger partial charge in [-0.2, -0.15) is 0 Å². The van der Waals surface area contributed by atoms with Gasteiger partial charge in [-0.25, -0.2) is 8.42 Å². The van der Waals surface area contributed by atoms with Crippen LogP contribution in [0.4, 0.5) is 0 Å². The molecule has 1 heterocycles. The Balaban J connectivity index is 1.66. The van der Waals surface area contributed by atoms with Crippen LogP contribution in [0.1, 0.15) is 113 Å². The molecule has 2 aliphatic carbocycles. The Morgan fingerprint density at radius 3 is 2.40 bits per heavy atom. The average Bonchev–Trinajstić information content (AvgIpc) is 3.21. The number of ketones is 2. The molecule has 6 nitrogen and oxygen atoms in total. The van der Waals surface area contributed by atoms with Gasteiger partial charge in [-0.15, -0.1) is 6.58 Å². The van der Waals surface area contributed by atoms with Crippen LogP contribution in [-0.2, 0) is 27.5 Å². The Hall–Kier alpha value is -3.06. The van der Waals surface area contributed by atoms with E-state index in [1.807, 2.05) is 39.0 Å². The number of carboxylic acid groups (broad SMARTS) is 1. The topological polar surface area (TPSA) is 106 Å². The Bertz CT molecular complexity index is 1600. The van der Waals surface area contributed by atoms with E-state index in [0.717, 1.165) is 24.0 Å². The summed E-state index contributed by atoms with van der Waals surface area (Å²) in [5, 5.41) is 10.3. The third kappa shape index (κ3) is 4.11. The summed E-state index contributed by atoms with van der Waals surface area (Å²) in [7, 11) is -3.51. The number of carboxylic acids is 1. The van der Waals surface area contributed by atoms with Gasteiger partial charge in [0.2, 0.25) is 0 Å². The molecule has 212 valence electrons. The van der Waals surface area contributed by atoms with Crippen LogP contribution in [0.2, 0.25) is 0 Å². The minimum absolute atomic E-state index is 0.0668. The van der Waals surface area contributed by atoms with Crippen LogP contribution in [-0.4, -0.2) is 36.8 Å². The Morgan fingerprint density at radius 2 is 1.77 bits per heavy atom. The molecule has 3 atom stereocenters. The molecule has 1 saturated carbocycles. The van der Waals surface area contributed by atoms with E-state index in [-0.39, 0.29) is 57.0 Å². The maximum absolute atomic E-state index is 14.3. The van der Waals surface area contributed by atoms with Gasteiger partial charge in [-0.05, 0) is 97.6 Å². The Morgan fingerprint density at radius 1 is 1.10 bits per heavy atom. The van der Waals surface area contributed by atoms with Crippen molar-refractivity contribution in [1.82, 2.24) is 0 Å². The summed E-state index contributed by atoms with van der Waals surface area (Å²) in [4.78, 5) is 40.9. The van der Waals surface area contributed by atoms with Crippen LogP contribution in [0.15, 0.2) is 35.7 Å². The third-order valence-electron chi connectivity index (χ3n) is 9.98. The summed E-state index contributed by atoms with van der Waals surface area (Å²) in [6, 6.07) is 5.36. The standard InChI is InChI=1S/C33H38O6S/c1-7-32(5)12-8-13-33(6,31(36)37)25(32)10-9-20-16-21(18(2)3)17-24-26(20)29(35)27-22-11-14-40(38,39)30(22)19(4)15-23(27)28(24)34/h7,15-18,25H,1,8-14H2,2-6H3,(H,36,37)/t25-,32+,33-/m1/s1. The zero-order chi connectivity index (χ0) is 29.4. The van der Waals surface area contributed by atoms with Crippen LogP contribution in [0.3, 0.4) is 0 Å². The van der Waals surface area contributed by atoms with Crippen LogP contribution in [0, 0.1) is 23.7 Å². The molecule has 1 N–H and O–H groups in total. The first-order valence-corrected chi connectivity index (χ1v) is 15.8. The monoisotopic (exact) mass is 562 g/mol. The lowest BCUT2D eigenvalue weighted by Crippen LogP contribution is -2.47. The van der Waals surface area contributed by atoms with Gasteiger partial charge in [0.25, 0.3) is 0 Å². The first-order valence-electron chi connectivity index (χ1n) is 14.2. The van der Waals surface area contributed by atoms with Gasteiger partial charge in [0.05, 0.1) is 16.1 Å². The van der Waals surface area contributed by atoms with Crippen molar-refractivity contribution in [1.29, 1.82) is 0 Å². The lowest BCUT2D eigenvalue weighted by Gasteiger charge is -2.49. The number of fused-ring (bicyclic) bond motifs is 4. The molecule has 0 radical (unpaired) electrons. The van der Waals surface area contributed by atoms with Crippen molar-refractivity contribution < 1.29 is 27.9 Å². The normalized spacial score (nSPS) is 26.8. The fourth-order valence-corrected chi connectivity index (χ4v) is 9.46. The molecule has 2 aromatic rings. The van der Waals surface area contributed by atoms with Gasteiger partial charge in [-0.1, -0.05) is 39.3 Å². The second-order valence-electron chi connectivity index (χ2n) is 12.8. The molecule has 0 amide bonds. The third-order valence-corrected chi connectivity index (χ3v) is 11.9. The average molecular weight is 563 g/mol. The maximum Gasteiger partial charge on any atom is 0.309 e. The summed E-state index contributed by atoms with van der Waals surface area (Å²) in [6.45, 7) is 13.7. The highest BCUT2D eigenvalue weighted by Gasteiger charge is 2.51. The molecule has 0 spiro atoms. The van der Waals surface area contributed by atoms with E-state index in [1.165, 1.54) is 0 Å². The summed E-state index contributed by atoms with van der Waals surface area (Å²) in [6.07, 6.45) is 5.28. The first-order chi connectivity index (χ1) is 18.7. The molecule has 0 bridgehead atoms. The Labute approximate surface area is 236 Å². The lowest BCUT2D eigenvalue weighted by atomic mass is 9.54. The smallest absolute Gasteiger partial charge is 0.309 e. The molecule has 0 saturated heterocycles. The van der Waals surface area contributed by atoms with Crippen LogP contribution < -0.4 is 0 Å². The fourth-order valence-electron chi connectivity index (χ4n) is 7.65. The van der Waals surface area contributed by atoms with E-state index >= 15 is 0 Å². The van der Waals surface area contributed by atoms with Crippen LogP contribution >= 0.6 is 0 Å². The van der Waals surface area contributed by atoms with Gasteiger partial charge in [-0.3, -0.25) is 14.4 Å². The van der Waals surface area contributed by atoms with Gasteiger partial charge in [0, 0.05) is 22.3 Å². The number of sulfone groups is 1. The first kappa shape index (κ1) is 28.5. The highest BCUT2D eigenvalue weighted by molar-refractivity contribution is 7.91. The highest BCUT2D eigenvalue weighted by atomic mass is 32.2. The fraction of sp³-hybridized carbons (Fsp3) is 0.485. The van der Waals surface area contributed by atoms with Crippen molar-refractivity contribution in [2.24, 2.45) is 16.7 Å². The second-order valence-corrected chi connectivity index (χ2v) is 14.8. The molecule has 2 aromatic carbocycles. The molecule has 0 unspecified atom stereocenters. The molecule has 5 rings (SSSR count). The molecule has 0 aromatic heterocycles. The molecular formula is C33H38O6S. The predicted molar refractivity (Wildman–Crippen MR) is 154 cm³/mol. The zero-order valence-electron chi connectivity index (χ0n) is 24.0. The van der Waals surface area contributed by atoms with E-state index in [1.54, 1.807) is 13.0 Å². The summed E-state index contributed by atoms with van der Waals surface area (Å²) < 4.78 is 25.6. The van der Waals surface area contributed by atoms with Crippen molar-refractivity contribution in [3.05, 3.63) is 75.4 Å². The lowest BCUT2D eigenvalue weighted by molar-refractivity contribution is -0.158. The van der Waals surface area contributed by atoms with E-state index < -0.39 is 21.2 Å². The van der Waals surface area contributed by atoms with E-state index in [0.29, 0.717) is 41.5 Å². The van der Waals surface area contributed by atoms with Crippen molar-refractivity contribution in [3.63, 3.8) is 0 Å². The van der Waals surface area contributed by atoms with E-state index in [4.69, 9.17) is 0 Å². The predicted octanol–water partition coefficient (Wildman–Crippen LogP) is 6.24. The molecule has 1 aliphatic heterocycles. The SMILES string of the molecule is C=C[C@@]1(C)CCC[C@@](C)(C(=O)O)[C@@H]1CCc1cc(C(C)C)cc2c1C(=O)c1c(cc(C)c3c1CCS3(=O)=O)C2=O. The van der Waals surface area contributed by atoms with Crippen molar-refractivity contribution in [3.8, 4) is 0 Å². The number of allylic oxidation sites excluding steroid dienone is 1. The molecule has 3 aliphatic rings. The molecule has 40 heavy (non-hydrogen) atoms. The minimum Gasteiger partial charge on any atom is -0.481 e. The van der Waals surface area contributed by atoms with Crippen LogP contribution in [0.25, 0.3) is 0 Å². The molecule has 1 fully saturated rings. The molecule has 7 heteroatoms. The highest BCUT2D eigenvalue weighted by Crippen LogP contribution is 2.54. The Kier molecular flexibility index (Phi) is 6.77. The van der Waals surface area contributed by atoms with Crippen molar-refractivity contribution >= 4 is 27.4 Å². The number of rotatable bonds is 6. The number of carbonyl (C=O) groups is 3. The quantitative estimate of drug-likeness (QED) is 0.357.